The number of nitrogens with one attached hydrogen (secondary N) is 1. The molecule has 0 aliphatic carbocycles. The molecule has 0 radical (unpaired) electrons. The predicted molar refractivity (Wildman–Crippen MR) is 202 cm³/mol. The number of nitrogens with zero attached hydrogens (tertiary/aromatic N) is 2. The lowest BCUT2D eigenvalue weighted by atomic mass is 10.0. The lowest BCUT2D eigenvalue weighted by molar-refractivity contribution is -0.128. The van der Waals surface area contributed by atoms with Crippen molar-refractivity contribution in [3.8, 4) is 0 Å². The molecule has 0 saturated heterocycles. The minimum absolute atomic E-state index is 0.0652. The van der Waals surface area contributed by atoms with Crippen molar-refractivity contribution < 1.29 is 9.59 Å². The number of primary amides is 1. The van der Waals surface area contributed by atoms with Crippen LogP contribution in [0.25, 0.3) is 10.2 Å². The summed E-state index contributed by atoms with van der Waals surface area (Å²) in [6, 6.07) is 6.44. The molecule has 1 unspecified atom stereocenters. The van der Waals surface area contributed by atoms with E-state index in [-0.39, 0.29) is 12.3 Å². The van der Waals surface area contributed by atoms with Gasteiger partial charge in [-0.1, -0.05) is 148 Å². The Hall–Kier alpha value is -1.80. The number of unbranched alkanes of at least 4 members (excludes halogenated alkanes) is 17. The van der Waals surface area contributed by atoms with Crippen LogP contribution >= 0.6 is 23.1 Å². The quantitative estimate of drug-likeness (QED) is 0.0636. The fourth-order valence-electron chi connectivity index (χ4n) is 5.95. The number of nitrogens with two attached hydrogens (primary N) is 1. The van der Waals surface area contributed by atoms with E-state index >= 15 is 0 Å². The Labute approximate surface area is 289 Å². The van der Waals surface area contributed by atoms with Crippen molar-refractivity contribution in [1.82, 2.24) is 10.3 Å². The van der Waals surface area contributed by atoms with Crippen LogP contribution in [0, 0.1) is 5.92 Å². The molecule has 0 bridgehead atoms. The second-order valence-corrected chi connectivity index (χ2v) is 15.4. The summed E-state index contributed by atoms with van der Waals surface area (Å²) in [5.74, 6) is -0.449. The summed E-state index contributed by atoms with van der Waals surface area (Å²) in [5, 5.41) is 3.08. The number of hydrogen-bond acceptors (Lipinski definition) is 6. The van der Waals surface area contributed by atoms with Crippen LogP contribution in [0.1, 0.15) is 156 Å². The molecule has 0 saturated carbocycles. The topological polar surface area (TPSA) is 88.3 Å². The summed E-state index contributed by atoms with van der Waals surface area (Å²) < 4.78 is 2.10. The van der Waals surface area contributed by atoms with Crippen molar-refractivity contribution in [2.45, 2.75) is 160 Å². The summed E-state index contributed by atoms with van der Waals surface area (Å²) in [6.07, 6.45) is 26.0. The first-order valence-corrected chi connectivity index (χ1v) is 20.6. The fraction of sp³-hybridized carbons (Fsp3) is 0.763. The average molecular weight is 675 g/mol. The Balaban J connectivity index is 1.68. The van der Waals surface area contributed by atoms with E-state index in [9.17, 15) is 9.59 Å². The molecule has 6 nitrogen and oxygen atoms in total. The highest BCUT2D eigenvalue weighted by Gasteiger charge is 2.22. The third kappa shape index (κ3) is 17.4. The number of hydrogen-bond donors (Lipinski definition) is 2. The van der Waals surface area contributed by atoms with Gasteiger partial charge in [0.15, 0.2) is 4.34 Å². The predicted octanol–water partition coefficient (Wildman–Crippen LogP) is 10.7. The number of fused-ring (bicyclic) bond motifs is 1. The number of carbonyl (C=O) groups is 2. The molecule has 0 spiro atoms. The highest BCUT2D eigenvalue weighted by molar-refractivity contribution is 8.01. The van der Waals surface area contributed by atoms with Crippen molar-refractivity contribution in [1.29, 1.82) is 0 Å². The van der Waals surface area contributed by atoms with Crippen LogP contribution in [0.4, 0.5) is 5.69 Å². The molecule has 2 rings (SSSR count). The van der Waals surface area contributed by atoms with Crippen molar-refractivity contribution in [3.05, 3.63) is 18.2 Å². The van der Waals surface area contributed by atoms with Crippen molar-refractivity contribution in [2.24, 2.45) is 11.7 Å². The van der Waals surface area contributed by atoms with Crippen LogP contribution in [0.15, 0.2) is 22.5 Å². The van der Waals surface area contributed by atoms with E-state index in [1.165, 1.54) is 108 Å². The van der Waals surface area contributed by atoms with Crippen molar-refractivity contribution in [3.63, 3.8) is 0 Å². The maximum Gasteiger partial charge on any atom is 0.224 e. The summed E-state index contributed by atoms with van der Waals surface area (Å²) in [6.45, 7) is 9.48. The summed E-state index contributed by atoms with van der Waals surface area (Å²) in [4.78, 5) is 32.3. The Morgan fingerprint density at radius 3 is 1.83 bits per heavy atom. The van der Waals surface area contributed by atoms with Crippen LogP contribution in [-0.2, 0) is 9.59 Å². The second-order valence-electron chi connectivity index (χ2n) is 13.1. The molecule has 1 aromatic carbocycles. The summed E-state index contributed by atoms with van der Waals surface area (Å²) in [5.41, 5.74) is 7.79. The monoisotopic (exact) mass is 674 g/mol. The molecule has 2 aromatic rings. The zero-order valence-electron chi connectivity index (χ0n) is 29.6. The average Bonchev–Trinajstić information content (AvgIpc) is 3.48. The van der Waals surface area contributed by atoms with E-state index < -0.39 is 11.8 Å². The van der Waals surface area contributed by atoms with Crippen LogP contribution in [-0.4, -0.2) is 42.2 Å². The number of aromatic nitrogens is 1. The SMILES string of the molecule is CCCCCCCCCCCCCCCCCCNC(=O)C(CSc1nc2c(N(CCCC)CCCC)cccc2s1)CC(N)=O. The first kappa shape index (κ1) is 40.4. The molecule has 8 heteroatoms. The lowest BCUT2D eigenvalue weighted by Gasteiger charge is -2.25. The summed E-state index contributed by atoms with van der Waals surface area (Å²) >= 11 is 3.23. The van der Waals surface area contributed by atoms with Gasteiger partial charge in [0.1, 0.15) is 5.52 Å². The molecule has 0 aliphatic heterocycles. The zero-order chi connectivity index (χ0) is 33.2. The molecule has 2 amide bonds. The smallest absolute Gasteiger partial charge is 0.224 e. The van der Waals surface area contributed by atoms with Gasteiger partial charge in [0.05, 0.1) is 16.3 Å². The van der Waals surface area contributed by atoms with E-state index in [4.69, 9.17) is 10.7 Å². The van der Waals surface area contributed by atoms with Crippen LogP contribution in [0.2, 0.25) is 0 Å². The zero-order valence-corrected chi connectivity index (χ0v) is 31.2. The van der Waals surface area contributed by atoms with Gasteiger partial charge < -0.3 is 16.0 Å². The molecular weight excluding hydrogens is 609 g/mol. The van der Waals surface area contributed by atoms with Gasteiger partial charge >= 0.3 is 0 Å². The van der Waals surface area contributed by atoms with Crippen molar-refractivity contribution >= 4 is 50.8 Å². The van der Waals surface area contributed by atoms with Gasteiger partial charge in [0.2, 0.25) is 11.8 Å². The first-order valence-electron chi connectivity index (χ1n) is 18.8. The minimum atomic E-state index is -0.444. The van der Waals surface area contributed by atoms with Crippen LogP contribution < -0.4 is 16.0 Å². The molecule has 1 atom stereocenters. The van der Waals surface area contributed by atoms with E-state index in [0.29, 0.717) is 12.3 Å². The Morgan fingerprint density at radius 2 is 1.30 bits per heavy atom. The maximum atomic E-state index is 13.0. The number of anilines is 1. The molecule has 0 aliphatic rings. The molecule has 3 N–H and O–H groups in total. The second kappa shape index (κ2) is 26.2. The van der Waals surface area contributed by atoms with Gasteiger partial charge in [-0.2, -0.15) is 0 Å². The number of para-hydroxylation sites is 1. The Bertz CT molecular complexity index is 1070. The van der Waals surface area contributed by atoms with Crippen LogP contribution in [0.5, 0.6) is 0 Å². The van der Waals surface area contributed by atoms with E-state index in [0.717, 1.165) is 53.3 Å². The number of amides is 2. The number of thiazole rings is 1. The normalized spacial score (nSPS) is 12.1. The van der Waals surface area contributed by atoms with Gasteiger partial charge in [-0.05, 0) is 31.4 Å². The molecular formula is C38H66N4O2S2. The Morgan fingerprint density at radius 1 is 0.783 bits per heavy atom. The third-order valence-electron chi connectivity index (χ3n) is 8.84. The van der Waals surface area contributed by atoms with Gasteiger partial charge in [-0.25, -0.2) is 4.98 Å². The molecule has 1 heterocycles. The molecule has 262 valence electrons. The maximum absolute atomic E-state index is 13.0. The number of benzene rings is 1. The molecule has 1 aromatic heterocycles. The van der Waals surface area contributed by atoms with Crippen LogP contribution in [0.3, 0.4) is 0 Å². The minimum Gasteiger partial charge on any atom is -0.370 e. The van der Waals surface area contributed by atoms with E-state index in [2.05, 4.69) is 49.2 Å². The van der Waals surface area contributed by atoms with Gasteiger partial charge in [-0.15, -0.1) is 11.3 Å². The summed E-state index contributed by atoms with van der Waals surface area (Å²) in [7, 11) is 0. The van der Waals surface area contributed by atoms with E-state index in [1.807, 2.05) is 0 Å². The van der Waals surface area contributed by atoms with E-state index in [1.54, 1.807) is 23.1 Å². The molecule has 0 fully saturated rings. The largest absolute Gasteiger partial charge is 0.370 e. The lowest BCUT2D eigenvalue weighted by Crippen LogP contribution is -2.35. The third-order valence-corrected chi connectivity index (χ3v) is 11.2. The van der Waals surface area contributed by atoms with Gasteiger partial charge in [0, 0.05) is 31.8 Å². The highest BCUT2D eigenvalue weighted by Crippen LogP contribution is 2.36. The number of thioether (sulfide) groups is 1. The highest BCUT2D eigenvalue weighted by atomic mass is 32.2. The molecule has 46 heavy (non-hydrogen) atoms. The number of carbonyl (C=O) groups excluding carboxylic acids is 2. The Kier molecular flexibility index (Phi) is 23.0. The van der Waals surface area contributed by atoms with Gasteiger partial charge in [-0.3, -0.25) is 9.59 Å². The van der Waals surface area contributed by atoms with Crippen molar-refractivity contribution in [2.75, 3.05) is 30.3 Å². The standard InChI is InChI=1S/C38H66N4O2S2/c1-4-7-10-11-12-13-14-15-16-17-18-19-20-21-22-23-27-40-37(44)32(30-35(39)43)31-45-38-41-36-33(25-24-26-34(36)46-38)42(28-8-5-2)29-9-6-3/h24-26,32H,4-23,27-31H2,1-3H3,(H2,39,43)(H,40,44). The number of rotatable bonds is 30. The fourth-order valence-corrected chi connectivity index (χ4v) is 8.15. The first-order chi connectivity index (χ1) is 22.5. The van der Waals surface area contributed by atoms with Gasteiger partial charge in [0.25, 0.3) is 0 Å².